The van der Waals surface area contributed by atoms with Crippen molar-refractivity contribution in [1.29, 1.82) is 0 Å². The Morgan fingerprint density at radius 1 is 0.528 bits per heavy atom. The number of hydrogen-bond acceptors (Lipinski definition) is 4. The quantitative estimate of drug-likeness (QED) is 0.138. The molecule has 0 unspecified atom stereocenters. The number of halogens is 3. The van der Waals surface area contributed by atoms with E-state index in [0.29, 0.717) is 0 Å². The van der Waals surface area contributed by atoms with Gasteiger partial charge in [0.1, 0.15) is 0 Å². The second-order valence-electron chi connectivity index (χ2n) is 11.8. The maximum absolute atomic E-state index is 5.00. The first kappa shape index (κ1) is 55.1. The summed E-state index contributed by atoms with van der Waals surface area (Å²) in [5.41, 5.74) is 11.5. The van der Waals surface area contributed by atoms with Crippen molar-refractivity contribution in [3.05, 3.63) is 119 Å². The van der Waals surface area contributed by atoms with Crippen LogP contribution in [0.3, 0.4) is 0 Å². The van der Waals surface area contributed by atoms with Crippen molar-refractivity contribution in [2.45, 2.75) is 68.2 Å². The van der Waals surface area contributed by atoms with Gasteiger partial charge in [-0.3, -0.25) is 14.7 Å². The molecule has 4 aromatic rings. The van der Waals surface area contributed by atoms with Crippen LogP contribution in [0.15, 0.2) is 97.1 Å². The summed E-state index contributed by atoms with van der Waals surface area (Å²) in [6.07, 6.45) is 2.21. The smallest absolute Gasteiger partial charge is 0.0497 e. The van der Waals surface area contributed by atoms with Gasteiger partial charge in [-0.05, 0) is 106 Å². The van der Waals surface area contributed by atoms with Crippen LogP contribution in [0, 0.1) is 0 Å². The van der Waals surface area contributed by atoms with E-state index < -0.39 is 0 Å². The first-order valence-corrected chi connectivity index (χ1v) is 21.4. The molecule has 0 aromatic heterocycles. The van der Waals surface area contributed by atoms with Gasteiger partial charge >= 0.3 is 0 Å². The number of rotatable bonds is 5. The lowest BCUT2D eigenvalue weighted by Gasteiger charge is -2.18. The van der Waals surface area contributed by atoms with Crippen molar-refractivity contribution in [1.82, 2.24) is 20.0 Å². The molecule has 1 N–H and O–H groups in total. The van der Waals surface area contributed by atoms with Gasteiger partial charge in [0, 0.05) is 30.4 Å². The van der Waals surface area contributed by atoms with E-state index in [1.807, 2.05) is 69.6 Å². The summed E-state index contributed by atoms with van der Waals surface area (Å²) in [4.78, 5) is 6.48. The van der Waals surface area contributed by atoms with Gasteiger partial charge in [-0.1, -0.05) is 168 Å². The lowest BCUT2D eigenvalue weighted by molar-refractivity contribution is 0.219. The van der Waals surface area contributed by atoms with E-state index in [-0.39, 0.29) is 0 Å². The Bertz CT molecular complexity index is 1200. The molecule has 2 aliphatic carbocycles. The monoisotopic (exact) mass is 832 g/mol. The Morgan fingerprint density at radius 3 is 0.925 bits per heavy atom. The molecule has 0 amide bonds. The molecule has 0 atom stereocenters. The maximum atomic E-state index is 5.00. The minimum absolute atomic E-state index is 0.722. The molecule has 0 fully saturated rings. The van der Waals surface area contributed by atoms with E-state index in [0.717, 1.165) is 49.8 Å². The Hall–Kier alpha value is -2.22. The molecule has 0 aliphatic heterocycles. The van der Waals surface area contributed by atoms with Crippen molar-refractivity contribution in [3.8, 4) is 22.3 Å². The first-order chi connectivity index (χ1) is 25.6. The molecule has 53 heavy (non-hydrogen) atoms. The highest BCUT2D eigenvalue weighted by molar-refractivity contribution is 9.09. The minimum Gasteiger partial charge on any atom is -0.307 e. The van der Waals surface area contributed by atoms with Crippen molar-refractivity contribution in [3.63, 3.8) is 0 Å². The van der Waals surface area contributed by atoms with Crippen LogP contribution in [0.25, 0.3) is 22.3 Å². The lowest BCUT2D eigenvalue weighted by atomic mass is 10.1. The minimum atomic E-state index is 0.722. The summed E-state index contributed by atoms with van der Waals surface area (Å²) in [7, 11) is 12.2. The molecule has 0 radical (unpaired) electrons. The highest BCUT2D eigenvalue weighted by Crippen LogP contribution is 2.36. The molecule has 6 rings (SSSR count). The van der Waals surface area contributed by atoms with Crippen molar-refractivity contribution < 1.29 is 0 Å². The normalized spacial score (nSPS) is 10.1. The molecule has 7 heteroatoms. The Labute approximate surface area is 346 Å². The standard InChI is InChI=1S/2C13H10.C6H16N2.C4H12N2.C2H5Br.2C2H5Cl.2C2H6/c2*1-3-7-12-10(5-1)9-11-6-2-4-8-13(11)12;1-5-8(4)6-7(2)3;1-5-4-6(2)3;3*1-2-3;2*1-2/h2*1-8H,9H2;5-6H2,1-4H3;5H,4H2,1-3H3;3*2H2,1H3;2*1-2H3. The summed E-state index contributed by atoms with van der Waals surface area (Å²) in [6.45, 7) is 19.1. The molecular formula is C46H75BrCl2N4. The number of nitrogens with one attached hydrogen (secondary N) is 1. The highest BCUT2D eigenvalue weighted by Gasteiger charge is 2.16. The third-order valence-electron chi connectivity index (χ3n) is 6.95. The van der Waals surface area contributed by atoms with Crippen LogP contribution in [-0.2, 0) is 12.8 Å². The average Bonchev–Trinajstić information content (AvgIpc) is 3.73. The van der Waals surface area contributed by atoms with Crippen LogP contribution < -0.4 is 5.32 Å². The molecule has 0 saturated carbocycles. The van der Waals surface area contributed by atoms with Gasteiger partial charge < -0.3 is 5.32 Å². The molecule has 4 aromatic carbocycles. The van der Waals surface area contributed by atoms with Crippen LogP contribution in [0.2, 0.25) is 0 Å². The largest absolute Gasteiger partial charge is 0.307 e. The summed E-state index contributed by atoms with van der Waals surface area (Å²) >= 11 is 13.1. The van der Waals surface area contributed by atoms with Gasteiger partial charge in [0.25, 0.3) is 0 Å². The Kier molecular flexibility index (Phi) is 39.6. The van der Waals surface area contributed by atoms with Gasteiger partial charge in [-0.2, -0.15) is 0 Å². The lowest BCUT2D eigenvalue weighted by Crippen LogP contribution is -2.29. The molecule has 300 valence electrons. The van der Waals surface area contributed by atoms with E-state index in [1.165, 1.54) is 44.5 Å². The van der Waals surface area contributed by atoms with Crippen molar-refractivity contribution >= 4 is 39.1 Å². The van der Waals surface area contributed by atoms with E-state index >= 15 is 0 Å². The summed E-state index contributed by atoms with van der Waals surface area (Å²) in [5.74, 6) is 1.44. The number of alkyl halides is 3. The van der Waals surface area contributed by atoms with Gasteiger partial charge in [0.05, 0.1) is 0 Å². The maximum Gasteiger partial charge on any atom is 0.0497 e. The fraction of sp³-hybridized carbons (Fsp3) is 0.478. The Morgan fingerprint density at radius 2 is 0.774 bits per heavy atom. The molecule has 0 heterocycles. The van der Waals surface area contributed by atoms with Gasteiger partial charge in [-0.25, -0.2) is 0 Å². The molecule has 4 nitrogen and oxygen atoms in total. The fourth-order valence-corrected chi connectivity index (χ4v) is 5.06. The number of nitrogens with zero attached hydrogens (tertiary/aromatic N) is 3. The van der Waals surface area contributed by atoms with Crippen LogP contribution in [0.5, 0.6) is 0 Å². The molecule has 2 aliphatic rings. The topological polar surface area (TPSA) is 21.8 Å². The van der Waals surface area contributed by atoms with Crippen LogP contribution in [-0.4, -0.2) is 94.0 Å². The van der Waals surface area contributed by atoms with Crippen LogP contribution >= 0.6 is 39.1 Å². The zero-order valence-corrected chi connectivity index (χ0v) is 39.0. The molecule has 0 bridgehead atoms. The SMILES string of the molecule is CC.CC.CCBr.CCCl.CCCl.CCN(C)CN(C)C.CNCN(C)C.c1ccc2c(c1)Cc1ccccc1-2.c1ccc2c(c1)Cc1ccccc1-2. The Balaban J connectivity index is -0.000000586. The number of hydrogen-bond donors (Lipinski definition) is 1. The van der Waals surface area contributed by atoms with Crippen LogP contribution in [0.4, 0.5) is 0 Å². The van der Waals surface area contributed by atoms with Gasteiger partial charge in [0.15, 0.2) is 0 Å². The van der Waals surface area contributed by atoms with E-state index in [4.69, 9.17) is 23.2 Å². The van der Waals surface area contributed by atoms with E-state index in [1.54, 1.807) is 0 Å². The fourth-order valence-electron chi connectivity index (χ4n) is 5.06. The van der Waals surface area contributed by atoms with Crippen LogP contribution in [0.1, 0.15) is 77.6 Å². The molecular weight excluding hydrogens is 759 g/mol. The predicted octanol–water partition coefficient (Wildman–Crippen LogP) is 12.6. The highest BCUT2D eigenvalue weighted by atomic mass is 79.9. The average molecular weight is 835 g/mol. The van der Waals surface area contributed by atoms with Gasteiger partial charge in [0.2, 0.25) is 0 Å². The van der Waals surface area contributed by atoms with Crippen molar-refractivity contribution in [2.24, 2.45) is 0 Å². The molecule has 0 saturated heterocycles. The zero-order chi connectivity index (χ0) is 41.0. The number of fused-ring (bicyclic) bond motifs is 6. The van der Waals surface area contributed by atoms with E-state index in [9.17, 15) is 0 Å². The van der Waals surface area contributed by atoms with Gasteiger partial charge in [-0.15, -0.1) is 23.2 Å². The summed E-state index contributed by atoms with van der Waals surface area (Å²) in [6, 6.07) is 34.6. The molecule has 0 spiro atoms. The predicted molar refractivity (Wildman–Crippen MR) is 249 cm³/mol. The third-order valence-corrected chi connectivity index (χ3v) is 6.95. The summed E-state index contributed by atoms with van der Waals surface area (Å²) < 4.78 is 0. The second kappa shape index (κ2) is 38.1. The first-order valence-electron chi connectivity index (χ1n) is 19.2. The zero-order valence-electron chi connectivity index (χ0n) is 35.9. The third kappa shape index (κ3) is 25.5. The number of benzene rings is 4. The van der Waals surface area contributed by atoms with E-state index in [2.05, 4.69) is 161 Å². The van der Waals surface area contributed by atoms with Crippen molar-refractivity contribution in [2.75, 3.05) is 79.3 Å². The summed E-state index contributed by atoms with van der Waals surface area (Å²) in [5, 5.41) is 4.06. The second-order valence-corrected chi connectivity index (χ2v) is 14.0.